The van der Waals surface area contributed by atoms with Crippen molar-refractivity contribution in [1.82, 2.24) is 19.1 Å². The standard InChI is InChI=1S/C23H18N6O3S2/c1-15-12-16(2)26-22(25-15)27-34(31,32)20-10-8-18(9-11-20)28-14-17(13-24)21(30)29(23(28)33)19-6-4-3-5-7-19/h3-12,14H,1-2H3,(H,25,26,27). The molecule has 0 radical (unpaired) electrons. The first-order chi connectivity index (χ1) is 16.2. The minimum absolute atomic E-state index is 0.0117. The molecule has 0 spiro atoms. The van der Waals surface area contributed by atoms with Crippen molar-refractivity contribution in [2.45, 2.75) is 18.7 Å². The fourth-order valence-corrected chi connectivity index (χ4v) is 4.65. The largest absolute Gasteiger partial charge is 0.292 e. The van der Waals surface area contributed by atoms with Gasteiger partial charge in [-0.3, -0.25) is 13.9 Å². The third-order valence-electron chi connectivity index (χ3n) is 4.86. The highest BCUT2D eigenvalue weighted by molar-refractivity contribution is 7.92. The summed E-state index contributed by atoms with van der Waals surface area (Å²) in [7, 11) is -3.94. The summed E-state index contributed by atoms with van der Waals surface area (Å²) in [4.78, 5) is 21.0. The van der Waals surface area contributed by atoms with E-state index in [1.165, 1.54) is 39.6 Å². The van der Waals surface area contributed by atoms with Crippen molar-refractivity contribution >= 4 is 28.2 Å². The Morgan fingerprint density at radius 3 is 2.18 bits per heavy atom. The molecule has 4 aromatic rings. The molecule has 0 saturated carbocycles. The van der Waals surface area contributed by atoms with E-state index in [9.17, 15) is 18.5 Å². The molecule has 0 aliphatic carbocycles. The second kappa shape index (κ2) is 9.01. The highest BCUT2D eigenvalue weighted by Gasteiger charge is 2.17. The summed E-state index contributed by atoms with van der Waals surface area (Å²) in [6.45, 7) is 3.49. The Labute approximate surface area is 200 Å². The number of nitrogens with one attached hydrogen (secondary N) is 1. The predicted octanol–water partition coefficient (Wildman–Crippen LogP) is 3.44. The van der Waals surface area contributed by atoms with Gasteiger partial charge in [0, 0.05) is 23.3 Å². The number of hydrogen-bond donors (Lipinski definition) is 1. The Hall–Kier alpha value is -4.14. The molecule has 34 heavy (non-hydrogen) atoms. The highest BCUT2D eigenvalue weighted by Crippen LogP contribution is 2.18. The van der Waals surface area contributed by atoms with E-state index in [2.05, 4.69) is 14.7 Å². The minimum Gasteiger partial charge on any atom is -0.292 e. The number of nitrogens with zero attached hydrogens (tertiary/aromatic N) is 5. The molecule has 4 rings (SSSR count). The third kappa shape index (κ3) is 4.50. The highest BCUT2D eigenvalue weighted by atomic mass is 32.2. The fraction of sp³-hybridized carbons (Fsp3) is 0.0870. The van der Waals surface area contributed by atoms with Gasteiger partial charge in [0.2, 0.25) is 5.95 Å². The summed E-state index contributed by atoms with van der Waals surface area (Å²) >= 11 is 5.54. The summed E-state index contributed by atoms with van der Waals surface area (Å²) in [6.07, 6.45) is 1.34. The first-order valence-electron chi connectivity index (χ1n) is 9.99. The topological polar surface area (TPSA) is 123 Å². The molecule has 0 atom stereocenters. The van der Waals surface area contributed by atoms with Crippen LogP contribution in [0.2, 0.25) is 0 Å². The van der Waals surface area contributed by atoms with Crippen molar-refractivity contribution in [2.75, 3.05) is 4.72 Å². The molecule has 2 heterocycles. The summed E-state index contributed by atoms with van der Waals surface area (Å²) in [5, 5.41) is 9.47. The predicted molar refractivity (Wildman–Crippen MR) is 129 cm³/mol. The van der Waals surface area contributed by atoms with Crippen molar-refractivity contribution in [3.63, 3.8) is 0 Å². The number of aromatic nitrogens is 4. The van der Waals surface area contributed by atoms with Crippen molar-refractivity contribution in [3.8, 4) is 17.4 Å². The van der Waals surface area contributed by atoms with Crippen LogP contribution in [0, 0.1) is 29.9 Å². The van der Waals surface area contributed by atoms with Crippen LogP contribution in [0.15, 0.2) is 76.6 Å². The summed E-state index contributed by atoms with van der Waals surface area (Å²) < 4.78 is 30.9. The van der Waals surface area contributed by atoms with Gasteiger partial charge in [0.25, 0.3) is 15.6 Å². The second-order valence-electron chi connectivity index (χ2n) is 7.36. The van der Waals surface area contributed by atoms with E-state index in [1.807, 2.05) is 6.07 Å². The number of rotatable bonds is 5. The van der Waals surface area contributed by atoms with Crippen LogP contribution in [0.4, 0.5) is 5.95 Å². The Bertz CT molecular complexity index is 1630. The lowest BCUT2D eigenvalue weighted by Gasteiger charge is -2.14. The average molecular weight is 491 g/mol. The summed E-state index contributed by atoms with van der Waals surface area (Å²) in [5.41, 5.74) is 1.62. The number of hydrogen-bond acceptors (Lipinski definition) is 7. The number of sulfonamides is 1. The van der Waals surface area contributed by atoms with Gasteiger partial charge in [0.15, 0.2) is 4.77 Å². The number of para-hydroxylation sites is 1. The molecule has 0 fully saturated rings. The molecule has 2 aromatic heterocycles. The lowest BCUT2D eigenvalue weighted by atomic mass is 10.2. The van der Waals surface area contributed by atoms with E-state index in [4.69, 9.17) is 12.2 Å². The first kappa shape index (κ1) is 23.0. The van der Waals surface area contributed by atoms with E-state index in [0.717, 1.165) is 0 Å². The molecule has 0 amide bonds. The SMILES string of the molecule is Cc1cc(C)nc(NS(=O)(=O)c2ccc(-n3cc(C#N)c(=O)n(-c4ccccc4)c3=S)cc2)n1. The van der Waals surface area contributed by atoms with Gasteiger partial charge >= 0.3 is 0 Å². The van der Waals surface area contributed by atoms with Crippen LogP contribution in [-0.4, -0.2) is 27.5 Å². The lowest BCUT2D eigenvalue weighted by Crippen LogP contribution is -2.25. The monoisotopic (exact) mass is 490 g/mol. The van der Waals surface area contributed by atoms with Crippen molar-refractivity contribution in [3.05, 3.63) is 98.9 Å². The zero-order valence-corrected chi connectivity index (χ0v) is 19.8. The number of nitriles is 1. The van der Waals surface area contributed by atoms with Gasteiger partial charge in [-0.15, -0.1) is 0 Å². The normalized spacial score (nSPS) is 11.1. The van der Waals surface area contributed by atoms with Gasteiger partial charge in [-0.05, 0) is 68.5 Å². The Morgan fingerprint density at radius 2 is 1.59 bits per heavy atom. The summed E-state index contributed by atoms with van der Waals surface area (Å²) in [6, 6.07) is 18.2. The number of anilines is 1. The van der Waals surface area contributed by atoms with Crippen LogP contribution in [0.3, 0.4) is 0 Å². The number of aryl methyl sites for hydroxylation is 2. The van der Waals surface area contributed by atoms with Gasteiger partial charge in [-0.1, -0.05) is 18.2 Å². The maximum absolute atomic E-state index is 12.8. The molecule has 0 aliphatic heterocycles. The molecule has 0 unspecified atom stereocenters. The first-order valence-corrected chi connectivity index (χ1v) is 11.9. The van der Waals surface area contributed by atoms with Gasteiger partial charge < -0.3 is 0 Å². The molecule has 9 nitrogen and oxygen atoms in total. The van der Waals surface area contributed by atoms with Crippen LogP contribution < -0.4 is 10.3 Å². The fourth-order valence-electron chi connectivity index (χ4n) is 3.36. The van der Waals surface area contributed by atoms with Gasteiger partial charge in [-0.25, -0.2) is 23.1 Å². The molecule has 1 N–H and O–H groups in total. The van der Waals surface area contributed by atoms with Crippen LogP contribution >= 0.6 is 12.2 Å². The molecule has 11 heteroatoms. The Morgan fingerprint density at radius 1 is 0.971 bits per heavy atom. The smallest absolute Gasteiger partial charge is 0.276 e. The second-order valence-corrected chi connectivity index (χ2v) is 9.40. The molecule has 2 aromatic carbocycles. The average Bonchev–Trinajstić information content (AvgIpc) is 2.79. The molecule has 0 aliphatic rings. The molecular formula is C23H18N6O3S2. The summed E-state index contributed by atoms with van der Waals surface area (Å²) in [5.74, 6) is -0.0163. The van der Waals surface area contributed by atoms with Crippen LogP contribution in [0.5, 0.6) is 0 Å². The van der Waals surface area contributed by atoms with Crippen LogP contribution in [-0.2, 0) is 10.0 Å². The third-order valence-corrected chi connectivity index (χ3v) is 6.58. The Balaban J connectivity index is 1.76. The number of benzene rings is 2. The zero-order chi connectivity index (χ0) is 24.5. The molecule has 170 valence electrons. The van der Waals surface area contributed by atoms with E-state index in [0.29, 0.717) is 22.8 Å². The van der Waals surface area contributed by atoms with Gasteiger partial charge in [-0.2, -0.15) is 5.26 Å². The minimum atomic E-state index is -3.94. The lowest BCUT2D eigenvalue weighted by molar-refractivity contribution is 0.600. The molecular weight excluding hydrogens is 472 g/mol. The van der Waals surface area contributed by atoms with E-state index in [1.54, 1.807) is 50.2 Å². The maximum atomic E-state index is 12.8. The molecule has 0 saturated heterocycles. The van der Waals surface area contributed by atoms with Crippen molar-refractivity contribution in [2.24, 2.45) is 0 Å². The van der Waals surface area contributed by atoms with Crippen LogP contribution in [0.1, 0.15) is 17.0 Å². The molecule has 0 bridgehead atoms. The van der Waals surface area contributed by atoms with E-state index < -0.39 is 15.6 Å². The van der Waals surface area contributed by atoms with E-state index in [-0.39, 0.29) is 21.2 Å². The maximum Gasteiger partial charge on any atom is 0.276 e. The van der Waals surface area contributed by atoms with Gasteiger partial charge in [0.1, 0.15) is 11.6 Å². The van der Waals surface area contributed by atoms with Crippen molar-refractivity contribution in [1.29, 1.82) is 5.26 Å². The van der Waals surface area contributed by atoms with E-state index >= 15 is 0 Å². The van der Waals surface area contributed by atoms with Crippen molar-refractivity contribution < 1.29 is 8.42 Å². The van der Waals surface area contributed by atoms with Gasteiger partial charge in [0.05, 0.1) is 10.6 Å². The quantitative estimate of drug-likeness (QED) is 0.425. The zero-order valence-electron chi connectivity index (χ0n) is 18.1. The Kier molecular flexibility index (Phi) is 6.10. The van der Waals surface area contributed by atoms with Crippen LogP contribution in [0.25, 0.3) is 11.4 Å².